The molecule has 0 aliphatic carbocycles. The van der Waals surface area contributed by atoms with Gasteiger partial charge in [0.25, 0.3) is 5.70 Å². The maximum Gasteiger partial charge on any atom is 0.270 e. The summed E-state index contributed by atoms with van der Waals surface area (Å²) in [5.41, 5.74) is 6.50. The Morgan fingerprint density at radius 2 is 1.50 bits per heavy atom. The molecule has 1 heterocycles. The van der Waals surface area contributed by atoms with Gasteiger partial charge in [-0.1, -0.05) is 98.1 Å². The Labute approximate surface area is 271 Å². The van der Waals surface area contributed by atoms with Crippen LogP contribution < -0.4 is 4.90 Å². The second-order valence-corrected chi connectivity index (χ2v) is 11.8. The van der Waals surface area contributed by atoms with Crippen molar-refractivity contribution < 1.29 is 18.1 Å². The average molecular weight is 632 g/mol. The zero-order valence-electron chi connectivity index (χ0n) is 25.6. The van der Waals surface area contributed by atoms with Crippen LogP contribution in [0.2, 0.25) is 0 Å². The molecule has 0 saturated heterocycles. The van der Waals surface area contributed by atoms with E-state index in [1.165, 1.54) is 0 Å². The topological polar surface area (TPSA) is 133 Å². The highest BCUT2D eigenvalue weighted by atomic mass is 32.2. The van der Waals surface area contributed by atoms with Crippen molar-refractivity contribution in [2.45, 2.75) is 32.1 Å². The highest BCUT2D eigenvalue weighted by molar-refractivity contribution is 7.84. The lowest BCUT2D eigenvalue weighted by Gasteiger charge is -2.33. The normalized spacial score (nSPS) is 14.0. The van der Waals surface area contributed by atoms with Crippen LogP contribution in [0.3, 0.4) is 0 Å². The maximum atomic E-state index is 10.2. The zero-order chi connectivity index (χ0) is 33.4. The second kappa shape index (κ2) is 17.9. The highest BCUT2D eigenvalue weighted by Gasteiger charge is 2.23. The van der Waals surface area contributed by atoms with Crippen molar-refractivity contribution in [1.82, 2.24) is 0 Å². The number of benzene rings is 3. The summed E-state index contributed by atoms with van der Waals surface area (Å²) >= 11 is 0. The minimum atomic E-state index is -3.92. The predicted octanol–water partition coefficient (Wildman–Crippen LogP) is 7.23. The zero-order valence-corrected chi connectivity index (χ0v) is 26.5. The Morgan fingerprint density at radius 1 is 0.913 bits per heavy atom. The van der Waals surface area contributed by atoms with E-state index in [2.05, 4.69) is 52.2 Å². The van der Waals surface area contributed by atoms with Crippen molar-refractivity contribution in [3.8, 4) is 12.1 Å². The van der Waals surface area contributed by atoms with Gasteiger partial charge >= 0.3 is 0 Å². The fourth-order valence-corrected chi connectivity index (χ4v) is 5.04. The van der Waals surface area contributed by atoms with Crippen LogP contribution in [0.25, 0.3) is 16.0 Å². The molecule has 3 aromatic carbocycles. The number of rotatable bonds is 11. The number of anilines is 1. The first-order valence-corrected chi connectivity index (χ1v) is 16.6. The van der Waals surface area contributed by atoms with E-state index in [0.29, 0.717) is 17.4 Å². The first-order chi connectivity index (χ1) is 22.2. The number of para-hydroxylation sites is 1. The summed E-state index contributed by atoms with van der Waals surface area (Å²) in [6.07, 6.45) is 11.3. The highest BCUT2D eigenvalue weighted by Crippen LogP contribution is 2.39. The summed E-state index contributed by atoms with van der Waals surface area (Å²) in [6.45, 7) is 8.59. The molecule has 1 aliphatic heterocycles. The molecule has 0 unspecified atom stereocenters. The van der Waals surface area contributed by atoms with Gasteiger partial charge in [0, 0.05) is 41.9 Å². The lowest BCUT2D eigenvalue weighted by molar-refractivity contribution is 0.282. The molecule has 1 aliphatic rings. The first-order valence-electron chi connectivity index (χ1n) is 14.8. The number of fused-ring (bicyclic) bond motifs is 1. The van der Waals surface area contributed by atoms with E-state index in [1.807, 2.05) is 66.7 Å². The van der Waals surface area contributed by atoms with Crippen molar-refractivity contribution >= 4 is 27.0 Å². The van der Waals surface area contributed by atoms with E-state index in [0.717, 1.165) is 66.7 Å². The molecule has 4 rings (SSSR count). The number of nitrogens with zero attached hydrogens (tertiary/aromatic N) is 4. The van der Waals surface area contributed by atoms with Gasteiger partial charge in [0.05, 0.1) is 34.4 Å². The lowest BCUT2D eigenvalue weighted by atomic mass is 9.91. The summed E-state index contributed by atoms with van der Waals surface area (Å²) in [7, 11) is -3.92. The summed E-state index contributed by atoms with van der Waals surface area (Å²) < 4.78 is 27.2. The Balaban J connectivity index is 0.00000107. The molecular weight excluding hydrogens is 596 g/mol. The van der Waals surface area contributed by atoms with Gasteiger partial charge in [-0.2, -0.15) is 5.26 Å². The van der Waals surface area contributed by atoms with Gasteiger partial charge in [-0.15, -0.1) is 0 Å². The van der Waals surface area contributed by atoms with Gasteiger partial charge in [-0.25, -0.2) is 18.5 Å². The molecule has 234 valence electrons. The summed E-state index contributed by atoms with van der Waals surface area (Å²) in [6, 6.07) is 32.0. The van der Waals surface area contributed by atoms with Gasteiger partial charge < -0.3 is 14.6 Å². The smallest absolute Gasteiger partial charge is 0.270 e. The van der Waals surface area contributed by atoms with Crippen LogP contribution in [0, 0.1) is 29.2 Å². The first kappa shape index (κ1) is 35.2. The van der Waals surface area contributed by atoms with E-state index in [1.54, 1.807) is 6.08 Å². The third-order valence-corrected chi connectivity index (χ3v) is 7.04. The Kier molecular flexibility index (Phi) is 13.7. The number of allylic oxidation sites excluding steroid dienone is 6. The molecule has 0 fully saturated rings. The number of unbranched alkanes of at least 4 members (excludes halogenated alkanes) is 4. The predicted molar refractivity (Wildman–Crippen MR) is 180 cm³/mol. The van der Waals surface area contributed by atoms with Crippen LogP contribution in [0.15, 0.2) is 120 Å². The number of hydrogen-bond acceptors (Lipinski definition) is 7. The van der Waals surface area contributed by atoms with Gasteiger partial charge in [0.15, 0.2) is 0 Å². The van der Waals surface area contributed by atoms with E-state index >= 15 is 0 Å². The molecule has 0 saturated carbocycles. The van der Waals surface area contributed by atoms with Crippen molar-refractivity contribution in [3.05, 3.63) is 148 Å². The van der Waals surface area contributed by atoms with E-state index < -0.39 is 10.1 Å². The van der Waals surface area contributed by atoms with Crippen LogP contribution in [0.1, 0.15) is 48.8 Å². The Hall–Kier alpha value is -5.24. The minimum Gasteiger partial charge on any atom is -0.748 e. The molecule has 9 heteroatoms. The number of hydrogen-bond donors (Lipinski definition) is 1. The summed E-state index contributed by atoms with van der Waals surface area (Å²) in [4.78, 5) is 5.72. The Morgan fingerprint density at radius 3 is 2.11 bits per heavy atom. The summed E-state index contributed by atoms with van der Waals surface area (Å²) in [5, 5.41) is 29.0. The van der Waals surface area contributed by atoms with Gasteiger partial charge in [0.2, 0.25) is 0 Å². The monoisotopic (exact) mass is 631 g/mol. The van der Waals surface area contributed by atoms with E-state index in [4.69, 9.17) is 24.6 Å². The molecule has 8 nitrogen and oxygen atoms in total. The van der Waals surface area contributed by atoms with E-state index in [-0.39, 0.29) is 17.9 Å². The molecule has 0 aromatic heterocycles. The second-order valence-electron chi connectivity index (χ2n) is 10.4. The van der Waals surface area contributed by atoms with Crippen molar-refractivity contribution in [2.24, 2.45) is 0 Å². The maximum absolute atomic E-state index is 10.2. The number of nitriles is 2. The molecule has 0 spiro atoms. The lowest BCUT2D eigenvalue weighted by Crippen LogP contribution is -2.26. The van der Waals surface area contributed by atoms with E-state index in [9.17, 15) is 10.5 Å². The molecular formula is C37H35N4O4S-. The van der Waals surface area contributed by atoms with Crippen LogP contribution in [-0.4, -0.2) is 37.5 Å². The number of aliphatic hydroxyl groups excluding tert-OH is 1. The quantitative estimate of drug-likeness (QED) is 0.0776. The van der Waals surface area contributed by atoms with Crippen molar-refractivity contribution in [2.75, 3.05) is 24.3 Å². The minimum absolute atomic E-state index is 0.114. The van der Waals surface area contributed by atoms with Gasteiger partial charge in [0.1, 0.15) is 0 Å². The molecule has 1 N–H and O–H groups in total. The van der Waals surface area contributed by atoms with Gasteiger partial charge in [-0.3, -0.25) is 0 Å². The van der Waals surface area contributed by atoms with Crippen molar-refractivity contribution in [3.63, 3.8) is 0 Å². The Bertz CT molecular complexity index is 1820. The SMILES string of the molecule is CS(=O)(=O)[O-].[C-]#[N+]/C(C#N)=C(\C(C#N)=CC=C1C=C(c2ccccc2)c2ccccc2N1CCCCCCCO)c1ccccc1. The molecule has 0 bridgehead atoms. The fourth-order valence-electron chi connectivity index (χ4n) is 5.04. The molecule has 3 aromatic rings. The van der Waals surface area contributed by atoms with Crippen LogP contribution in [-0.2, 0) is 10.1 Å². The fraction of sp³-hybridized carbons (Fsp3) is 0.216. The number of aliphatic hydroxyl groups is 1. The van der Waals surface area contributed by atoms with Crippen LogP contribution in [0.4, 0.5) is 5.69 Å². The molecule has 46 heavy (non-hydrogen) atoms. The van der Waals surface area contributed by atoms with Crippen molar-refractivity contribution in [1.29, 1.82) is 10.5 Å². The third kappa shape index (κ3) is 10.4. The standard InChI is InChI=1S/C36H32N4O.CH4O3S/c1-39-34(27-38)36(29-17-9-6-10-18-29)30(26-37)21-22-31-25-33(28-15-7-5-8-16-28)32-19-11-12-20-35(32)40(31)23-13-3-2-4-14-24-41;1-5(2,3)4/h5-12,15-22,25,41H,2-4,13-14,23-24H2;1H3,(H,2,3,4)/p-1/b30-21?,31-22?,36-34-;. The van der Waals surface area contributed by atoms with Crippen LogP contribution >= 0.6 is 0 Å². The third-order valence-electron chi connectivity index (χ3n) is 7.04. The average Bonchev–Trinajstić information content (AvgIpc) is 3.06. The largest absolute Gasteiger partial charge is 0.748 e. The molecule has 0 radical (unpaired) electrons. The van der Waals surface area contributed by atoms with Crippen LogP contribution in [0.5, 0.6) is 0 Å². The van der Waals surface area contributed by atoms with Gasteiger partial charge in [-0.05, 0) is 53.8 Å². The summed E-state index contributed by atoms with van der Waals surface area (Å²) in [5.74, 6) is 0. The molecule has 0 amide bonds. The molecule has 0 atom stereocenters.